The molecule has 0 aliphatic heterocycles. The van der Waals surface area contributed by atoms with Crippen LogP contribution in [0.2, 0.25) is 5.15 Å². The van der Waals surface area contributed by atoms with E-state index in [2.05, 4.69) is 10.2 Å². The summed E-state index contributed by atoms with van der Waals surface area (Å²) in [6, 6.07) is 1.40. The Morgan fingerprint density at radius 3 is 2.79 bits per heavy atom. The molecule has 1 aromatic rings. The number of Topliss-reactive ketones (excluding diaryl/α,β-unsaturated/α-hetero) is 1. The third-order valence-electron chi connectivity index (χ3n) is 1.50. The van der Waals surface area contributed by atoms with Crippen molar-refractivity contribution in [1.29, 1.82) is 0 Å². The van der Waals surface area contributed by atoms with Crippen LogP contribution in [0.25, 0.3) is 0 Å². The van der Waals surface area contributed by atoms with E-state index in [-0.39, 0.29) is 29.0 Å². The molecule has 6 heteroatoms. The molecule has 0 atom stereocenters. The number of rotatable bonds is 4. The first-order chi connectivity index (χ1) is 6.69. The topological polar surface area (TPSA) is 61.3 Å². The maximum atomic E-state index is 11.4. The summed E-state index contributed by atoms with van der Waals surface area (Å²) < 4.78 is 9.56. The van der Waals surface area contributed by atoms with Gasteiger partial charge >= 0.3 is 0 Å². The summed E-state index contributed by atoms with van der Waals surface area (Å²) in [6.45, 7) is -0.0433. The van der Waals surface area contributed by atoms with Crippen molar-refractivity contribution in [1.82, 2.24) is 10.2 Å². The zero-order valence-corrected chi connectivity index (χ0v) is 8.54. The minimum atomic E-state index is -0.249. The van der Waals surface area contributed by atoms with Crippen molar-refractivity contribution in [3.05, 3.63) is 16.8 Å². The molecule has 0 aliphatic rings. The summed E-state index contributed by atoms with van der Waals surface area (Å²) in [5, 5.41) is 7.31. The summed E-state index contributed by atoms with van der Waals surface area (Å²) in [5.74, 6) is -0.0994. The van der Waals surface area contributed by atoms with Crippen LogP contribution in [0, 0.1) is 0 Å². The van der Waals surface area contributed by atoms with Crippen molar-refractivity contribution < 1.29 is 14.3 Å². The van der Waals surface area contributed by atoms with Gasteiger partial charge in [-0.05, 0) is 6.07 Å². The summed E-state index contributed by atoms with van der Waals surface area (Å²) in [7, 11) is 2.84. The predicted octanol–water partition coefficient (Wildman–Crippen LogP) is 0.968. The average Bonchev–Trinajstić information content (AvgIpc) is 2.18. The normalized spacial score (nSPS) is 9.93. The van der Waals surface area contributed by atoms with Gasteiger partial charge in [-0.1, -0.05) is 11.6 Å². The van der Waals surface area contributed by atoms with Crippen LogP contribution in [0.3, 0.4) is 0 Å². The Bertz CT molecular complexity index is 343. The van der Waals surface area contributed by atoms with Gasteiger partial charge in [0.2, 0.25) is 5.88 Å². The van der Waals surface area contributed by atoms with Crippen LogP contribution in [0.4, 0.5) is 0 Å². The largest absolute Gasteiger partial charge is 0.479 e. The zero-order chi connectivity index (χ0) is 10.6. The van der Waals surface area contributed by atoms with E-state index in [1.165, 1.54) is 20.3 Å². The third-order valence-corrected chi connectivity index (χ3v) is 1.68. The van der Waals surface area contributed by atoms with Gasteiger partial charge in [0.25, 0.3) is 0 Å². The SMILES string of the molecule is COCC(=O)c1cc(Cl)nnc1OC. The molecule has 0 amide bonds. The molecule has 0 fully saturated rings. The first-order valence-corrected chi connectivity index (χ1v) is 4.16. The van der Waals surface area contributed by atoms with Crippen LogP contribution >= 0.6 is 11.6 Å². The second-order valence-electron chi connectivity index (χ2n) is 2.45. The number of ether oxygens (including phenoxy) is 2. The number of ketones is 1. The van der Waals surface area contributed by atoms with E-state index in [4.69, 9.17) is 21.1 Å². The van der Waals surface area contributed by atoms with Crippen LogP contribution in [-0.4, -0.2) is 36.8 Å². The highest BCUT2D eigenvalue weighted by Crippen LogP contribution is 2.17. The molecule has 0 saturated carbocycles. The third kappa shape index (κ3) is 2.40. The number of aromatic nitrogens is 2. The van der Waals surface area contributed by atoms with E-state index in [1.807, 2.05) is 0 Å². The van der Waals surface area contributed by atoms with Crippen molar-refractivity contribution in [3.8, 4) is 5.88 Å². The van der Waals surface area contributed by atoms with Crippen LogP contribution in [0.15, 0.2) is 6.07 Å². The quantitative estimate of drug-likeness (QED) is 0.702. The standard InChI is InChI=1S/C8H9ClN2O3/c1-13-4-6(12)5-3-7(9)10-11-8(5)14-2/h3H,4H2,1-2H3. The molecule has 0 aliphatic carbocycles. The molecule has 0 bridgehead atoms. The Hall–Kier alpha value is -1.20. The van der Waals surface area contributed by atoms with Crippen LogP contribution in [0.1, 0.15) is 10.4 Å². The molecule has 76 valence electrons. The Kier molecular flexibility index (Phi) is 3.79. The molecule has 1 heterocycles. The van der Waals surface area contributed by atoms with E-state index < -0.39 is 0 Å². The molecule has 14 heavy (non-hydrogen) atoms. The summed E-state index contributed by atoms with van der Waals surface area (Å²) in [4.78, 5) is 11.4. The molecule has 0 N–H and O–H groups in total. The van der Waals surface area contributed by atoms with Crippen molar-refractivity contribution in [2.45, 2.75) is 0 Å². The Morgan fingerprint density at radius 2 is 2.21 bits per heavy atom. The monoisotopic (exact) mass is 216 g/mol. The van der Waals surface area contributed by atoms with Gasteiger partial charge in [-0.25, -0.2) is 0 Å². The molecule has 5 nitrogen and oxygen atoms in total. The molecule has 1 aromatic heterocycles. The van der Waals surface area contributed by atoms with Gasteiger partial charge in [0.1, 0.15) is 6.61 Å². The Balaban J connectivity index is 3.03. The molecular formula is C8H9ClN2O3. The maximum Gasteiger partial charge on any atom is 0.244 e. The number of carbonyl (C=O) groups is 1. The van der Waals surface area contributed by atoms with E-state index in [9.17, 15) is 4.79 Å². The van der Waals surface area contributed by atoms with Crippen molar-refractivity contribution in [2.24, 2.45) is 0 Å². The first-order valence-electron chi connectivity index (χ1n) is 3.78. The first kappa shape index (κ1) is 10.9. The van der Waals surface area contributed by atoms with Crippen molar-refractivity contribution in [3.63, 3.8) is 0 Å². The van der Waals surface area contributed by atoms with Gasteiger partial charge in [-0.15, -0.1) is 10.2 Å². The van der Waals surface area contributed by atoms with Gasteiger partial charge in [-0.3, -0.25) is 4.79 Å². The molecule has 0 saturated heterocycles. The fourth-order valence-corrected chi connectivity index (χ4v) is 1.06. The minimum absolute atomic E-state index is 0.0433. The molecule has 0 aromatic carbocycles. The van der Waals surface area contributed by atoms with Crippen LogP contribution < -0.4 is 4.74 Å². The lowest BCUT2D eigenvalue weighted by Crippen LogP contribution is -2.10. The number of halogens is 1. The maximum absolute atomic E-state index is 11.4. The Morgan fingerprint density at radius 1 is 1.50 bits per heavy atom. The summed E-state index contributed by atoms with van der Waals surface area (Å²) in [5.41, 5.74) is 0.273. The lowest BCUT2D eigenvalue weighted by Gasteiger charge is -2.04. The van der Waals surface area contributed by atoms with E-state index >= 15 is 0 Å². The number of nitrogens with zero attached hydrogens (tertiary/aromatic N) is 2. The lowest BCUT2D eigenvalue weighted by molar-refractivity contribution is 0.0844. The number of carbonyl (C=O) groups excluding carboxylic acids is 1. The van der Waals surface area contributed by atoms with Crippen LogP contribution in [0.5, 0.6) is 5.88 Å². The van der Waals surface area contributed by atoms with Gasteiger partial charge < -0.3 is 9.47 Å². The van der Waals surface area contributed by atoms with E-state index in [0.717, 1.165) is 0 Å². The van der Waals surface area contributed by atoms with E-state index in [0.29, 0.717) is 0 Å². The van der Waals surface area contributed by atoms with Gasteiger partial charge in [-0.2, -0.15) is 0 Å². The Labute approximate surface area is 86.0 Å². The fraction of sp³-hybridized carbons (Fsp3) is 0.375. The lowest BCUT2D eigenvalue weighted by atomic mass is 10.2. The molecular weight excluding hydrogens is 208 g/mol. The summed E-state index contributed by atoms with van der Waals surface area (Å²) in [6.07, 6.45) is 0. The van der Waals surface area contributed by atoms with Gasteiger partial charge in [0.05, 0.1) is 12.7 Å². The van der Waals surface area contributed by atoms with Crippen molar-refractivity contribution in [2.75, 3.05) is 20.8 Å². The smallest absolute Gasteiger partial charge is 0.244 e. The van der Waals surface area contributed by atoms with Gasteiger partial charge in [0.15, 0.2) is 10.9 Å². The average molecular weight is 217 g/mol. The fourth-order valence-electron chi connectivity index (χ4n) is 0.916. The highest BCUT2D eigenvalue weighted by atomic mass is 35.5. The molecule has 0 spiro atoms. The molecule has 1 rings (SSSR count). The molecule has 0 radical (unpaired) electrons. The van der Waals surface area contributed by atoms with Gasteiger partial charge in [0, 0.05) is 7.11 Å². The predicted molar refractivity (Wildman–Crippen MR) is 49.8 cm³/mol. The summed E-state index contributed by atoms with van der Waals surface area (Å²) >= 11 is 5.60. The highest BCUT2D eigenvalue weighted by Gasteiger charge is 2.14. The van der Waals surface area contributed by atoms with Crippen molar-refractivity contribution >= 4 is 17.4 Å². The minimum Gasteiger partial charge on any atom is -0.479 e. The highest BCUT2D eigenvalue weighted by molar-refractivity contribution is 6.29. The number of methoxy groups -OCH3 is 2. The second-order valence-corrected chi connectivity index (χ2v) is 2.83. The zero-order valence-electron chi connectivity index (χ0n) is 7.78. The van der Waals surface area contributed by atoms with E-state index in [1.54, 1.807) is 0 Å². The second kappa shape index (κ2) is 4.88. The molecule has 0 unspecified atom stereocenters. The van der Waals surface area contributed by atoms with Crippen LogP contribution in [-0.2, 0) is 4.74 Å². The number of hydrogen-bond donors (Lipinski definition) is 0. The number of hydrogen-bond acceptors (Lipinski definition) is 5.